The largest absolute Gasteiger partial charge is 0.370 e. The average molecular weight is 394 g/mol. The molecule has 2 aromatic rings. The number of rotatable bonds is 2. The zero-order chi connectivity index (χ0) is 18.6. The topological polar surface area (TPSA) is 29.5 Å². The first-order chi connectivity index (χ1) is 12.6. The molecule has 0 unspecified atom stereocenters. The number of amides is 1. The SMILES string of the molecule is Clc1ccccc1.Clc1ccccc1.O=C1COCCN1CC1CCC1. The third-order valence-corrected chi connectivity index (χ3v) is 4.76. The maximum atomic E-state index is 11.3. The van der Waals surface area contributed by atoms with Gasteiger partial charge >= 0.3 is 0 Å². The second kappa shape index (κ2) is 11.9. The maximum Gasteiger partial charge on any atom is 0.248 e. The lowest BCUT2D eigenvalue weighted by molar-refractivity contribution is -0.143. The highest BCUT2D eigenvalue weighted by molar-refractivity contribution is 6.30. The highest BCUT2D eigenvalue weighted by Gasteiger charge is 2.25. The summed E-state index contributed by atoms with van der Waals surface area (Å²) in [5, 5.41) is 1.59. The van der Waals surface area contributed by atoms with E-state index in [9.17, 15) is 4.79 Å². The molecule has 1 aliphatic heterocycles. The van der Waals surface area contributed by atoms with Gasteiger partial charge in [0.1, 0.15) is 6.61 Å². The van der Waals surface area contributed by atoms with Crippen molar-refractivity contribution in [3.63, 3.8) is 0 Å². The first kappa shape index (κ1) is 20.8. The van der Waals surface area contributed by atoms with E-state index in [0.717, 1.165) is 35.7 Å². The van der Waals surface area contributed by atoms with E-state index in [1.54, 1.807) is 0 Å². The number of hydrogen-bond donors (Lipinski definition) is 0. The Bertz CT molecular complexity index is 595. The van der Waals surface area contributed by atoms with Crippen molar-refractivity contribution >= 4 is 29.1 Å². The molecule has 5 heteroatoms. The number of carbonyl (C=O) groups is 1. The van der Waals surface area contributed by atoms with Gasteiger partial charge in [-0.1, -0.05) is 66.0 Å². The average Bonchev–Trinajstić information content (AvgIpc) is 2.62. The Hall–Kier alpha value is -1.55. The number of halogens is 2. The molecule has 2 aliphatic rings. The van der Waals surface area contributed by atoms with Crippen LogP contribution in [0.3, 0.4) is 0 Å². The number of benzene rings is 2. The summed E-state index contributed by atoms with van der Waals surface area (Å²) in [5.74, 6) is 0.959. The van der Waals surface area contributed by atoms with Gasteiger partial charge in [0.15, 0.2) is 0 Å². The summed E-state index contributed by atoms with van der Waals surface area (Å²) in [6, 6.07) is 18.9. The van der Waals surface area contributed by atoms with Crippen LogP contribution in [0.15, 0.2) is 60.7 Å². The molecule has 1 amide bonds. The molecule has 140 valence electrons. The summed E-state index contributed by atoms with van der Waals surface area (Å²) in [4.78, 5) is 13.2. The molecule has 1 heterocycles. The smallest absolute Gasteiger partial charge is 0.248 e. The van der Waals surface area contributed by atoms with Crippen molar-refractivity contribution in [3.05, 3.63) is 70.7 Å². The van der Waals surface area contributed by atoms with Crippen LogP contribution >= 0.6 is 23.2 Å². The minimum atomic E-state index is 0.174. The maximum absolute atomic E-state index is 11.3. The molecule has 0 atom stereocenters. The van der Waals surface area contributed by atoms with Crippen LogP contribution in [0.4, 0.5) is 0 Å². The van der Waals surface area contributed by atoms with E-state index in [2.05, 4.69) is 0 Å². The summed E-state index contributed by atoms with van der Waals surface area (Å²) < 4.78 is 5.05. The van der Waals surface area contributed by atoms with Crippen LogP contribution in [-0.4, -0.2) is 37.1 Å². The van der Waals surface area contributed by atoms with Crippen LogP contribution in [-0.2, 0) is 9.53 Å². The first-order valence-electron chi connectivity index (χ1n) is 8.92. The lowest BCUT2D eigenvalue weighted by Crippen LogP contribution is -2.44. The van der Waals surface area contributed by atoms with Crippen molar-refractivity contribution in [1.82, 2.24) is 4.90 Å². The molecule has 3 nitrogen and oxygen atoms in total. The summed E-state index contributed by atoms with van der Waals surface area (Å²) >= 11 is 11.1. The van der Waals surface area contributed by atoms with E-state index in [1.165, 1.54) is 19.3 Å². The normalized spacial score (nSPS) is 16.5. The number of nitrogens with zero attached hydrogens (tertiary/aromatic N) is 1. The van der Waals surface area contributed by atoms with Crippen LogP contribution in [0.5, 0.6) is 0 Å². The zero-order valence-electron chi connectivity index (χ0n) is 14.8. The quantitative estimate of drug-likeness (QED) is 0.690. The number of carbonyl (C=O) groups excluding carboxylic acids is 1. The van der Waals surface area contributed by atoms with E-state index in [-0.39, 0.29) is 5.91 Å². The number of ether oxygens (including phenoxy) is 1. The monoisotopic (exact) mass is 393 g/mol. The molecule has 4 rings (SSSR count). The van der Waals surface area contributed by atoms with Gasteiger partial charge in [0.05, 0.1) is 6.61 Å². The second-order valence-corrected chi connectivity index (χ2v) is 7.15. The van der Waals surface area contributed by atoms with Crippen LogP contribution in [0.2, 0.25) is 10.0 Å². The zero-order valence-corrected chi connectivity index (χ0v) is 16.3. The Morgan fingerprint density at radius 1 is 0.923 bits per heavy atom. The Kier molecular flexibility index (Phi) is 9.54. The molecule has 1 aliphatic carbocycles. The molecule has 0 N–H and O–H groups in total. The van der Waals surface area contributed by atoms with Crippen molar-refractivity contribution in [2.75, 3.05) is 26.3 Å². The van der Waals surface area contributed by atoms with Gasteiger partial charge in [0.25, 0.3) is 0 Å². The van der Waals surface area contributed by atoms with E-state index in [0.29, 0.717) is 6.61 Å². The molecule has 1 saturated heterocycles. The molecule has 0 aromatic heterocycles. The molecule has 2 fully saturated rings. The first-order valence-corrected chi connectivity index (χ1v) is 9.67. The number of morpholine rings is 1. The van der Waals surface area contributed by atoms with E-state index < -0.39 is 0 Å². The third kappa shape index (κ3) is 8.22. The Morgan fingerprint density at radius 3 is 1.81 bits per heavy atom. The Balaban J connectivity index is 0.000000150. The van der Waals surface area contributed by atoms with Crippen LogP contribution in [0.25, 0.3) is 0 Å². The predicted molar refractivity (Wildman–Crippen MR) is 108 cm³/mol. The van der Waals surface area contributed by atoms with Gasteiger partial charge in [0, 0.05) is 23.1 Å². The van der Waals surface area contributed by atoms with Crippen LogP contribution in [0.1, 0.15) is 19.3 Å². The molecule has 1 saturated carbocycles. The van der Waals surface area contributed by atoms with Crippen molar-refractivity contribution < 1.29 is 9.53 Å². The Labute approximate surface area is 165 Å². The van der Waals surface area contributed by atoms with Crippen molar-refractivity contribution in [1.29, 1.82) is 0 Å². The Morgan fingerprint density at radius 2 is 1.46 bits per heavy atom. The van der Waals surface area contributed by atoms with E-state index in [4.69, 9.17) is 27.9 Å². The van der Waals surface area contributed by atoms with Gasteiger partial charge in [-0.2, -0.15) is 0 Å². The minimum Gasteiger partial charge on any atom is -0.370 e. The molecule has 0 radical (unpaired) electrons. The summed E-state index contributed by atoms with van der Waals surface area (Å²) in [6.07, 6.45) is 3.97. The summed E-state index contributed by atoms with van der Waals surface area (Å²) in [7, 11) is 0. The van der Waals surface area contributed by atoms with Crippen LogP contribution < -0.4 is 0 Å². The van der Waals surface area contributed by atoms with Crippen molar-refractivity contribution in [2.45, 2.75) is 19.3 Å². The fourth-order valence-corrected chi connectivity index (χ4v) is 2.85. The summed E-state index contributed by atoms with van der Waals surface area (Å²) in [6.45, 7) is 2.79. The molecule has 26 heavy (non-hydrogen) atoms. The number of hydrogen-bond acceptors (Lipinski definition) is 2. The van der Waals surface area contributed by atoms with Gasteiger partial charge in [-0.05, 0) is 43.0 Å². The minimum absolute atomic E-state index is 0.174. The lowest BCUT2D eigenvalue weighted by Gasteiger charge is -2.34. The van der Waals surface area contributed by atoms with Crippen molar-refractivity contribution in [3.8, 4) is 0 Å². The van der Waals surface area contributed by atoms with Gasteiger partial charge in [-0.25, -0.2) is 0 Å². The van der Waals surface area contributed by atoms with Gasteiger partial charge in [-0.15, -0.1) is 0 Å². The third-order valence-electron chi connectivity index (χ3n) is 4.25. The van der Waals surface area contributed by atoms with Gasteiger partial charge in [0.2, 0.25) is 5.91 Å². The fourth-order valence-electron chi connectivity index (χ4n) is 2.56. The fraction of sp³-hybridized carbons (Fsp3) is 0.381. The standard InChI is InChI=1S/C9H15NO2.2C6H5Cl/c11-9-7-12-5-4-10(9)6-8-2-1-3-8;2*7-6-4-2-1-3-5-6/h8H,1-7H2;2*1-5H. The highest BCUT2D eigenvalue weighted by Crippen LogP contribution is 2.27. The molecule has 0 spiro atoms. The highest BCUT2D eigenvalue weighted by atomic mass is 35.5. The molecule has 2 aromatic carbocycles. The second-order valence-electron chi connectivity index (χ2n) is 6.28. The predicted octanol–water partition coefficient (Wildman–Crippen LogP) is 5.33. The van der Waals surface area contributed by atoms with E-state index >= 15 is 0 Å². The molecular formula is C21H25Cl2NO2. The summed E-state index contributed by atoms with van der Waals surface area (Å²) in [5.41, 5.74) is 0. The van der Waals surface area contributed by atoms with E-state index in [1.807, 2.05) is 65.6 Å². The van der Waals surface area contributed by atoms with Crippen molar-refractivity contribution in [2.24, 2.45) is 5.92 Å². The lowest BCUT2D eigenvalue weighted by atomic mass is 9.85. The van der Waals surface area contributed by atoms with Gasteiger partial charge in [-0.3, -0.25) is 4.79 Å². The van der Waals surface area contributed by atoms with Crippen LogP contribution in [0, 0.1) is 5.92 Å². The van der Waals surface area contributed by atoms with Gasteiger partial charge < -0.3 is 9.64 Å². The molecule has 0 bridgehead atoms. The molecular weight excluding hydrogens is 369 g/mol.